The van der Waals surface area contributed by atoms with E-state index in [0.29, 0.717) is 34.7 Å². The number of aliphatic carboxylic acids is 1. The molecule has 1 aliphatic rings. The Kier molecular flexibility index (Phi) is 6.46. The van der Waals surface area contributed by atoms with Crippen LogP contribution in [0.25, 0.3) is 10.9 Å². The molecule has 0 saturated carbocycles. The number of carboxylic acid groups (broad SMARTS) is 1. The lowest BCUT2D eigenvalue weighted by Gasteiger charge is -2.23. The van der Waals surface area contributed by atoms with Crippen molar-refractivity contribution in [3.8, 4) is 11.5 Å². The monoisotopic (exact) mass is 467 g/mol. The van der Waals surface area contributed by atoms with Crippen LogP contribution < -0.4 is 9.47 Å². The maximum absolute atomic E-state index is 12.9. The SMILES string of the molecule is COc1ccc(C2=NN(C(=O)CCC(=O)O)[C@@H](c3cc4cc(OC)ccc4nc3Cl)C2)cc1. The quantitative estimate of drug-likeness (QED) is 0.515. The van der Waals surface area contributed by atoms with Crippen molar-refractivity contribution in [3.05, 3.63) is 64.8 Å². The van der Waals surface area contributed by atoms with E-state index >= 15 is 0 Å². The number of nitrogens with zero attached hydrogens (tertiary/aromatic N) is 3. The minimum Gasteiger partial charge on any atom is -0.497 e. The Bertz CT molecular complexity index is 1240. The van der Waals surface area contributed by atoms with Gasteiger partial charge in [0.05, 0.1) is 37.9 Å². The largest absolute Gasteiger partial charge is 0.497 e. The molecule has 4 rings (SSSR count). The van der Waals surface area contributed by atoms with Gasteiger partial charge in [0.1, 0.15) is 16.7 Å². The smallest absolute Gasteiger partial charge is 0.303 e. The zero-order valence-corrected chi connectivity index (χ0v) is 18.9. The number of hydrogen-bond acceptors (Lipinski definition) is 6. The zero-order chi connectivity index (χ0) is 23.5. The van der Waals surface area contributed by atoms with Gasteiger partial charge in [0.2, 0.25) is 5.91 Å². The molecule has 0 aliphatic carbocycles. The highest BCUT2D eigenvalue weighted by molar-refractivity contribution is 6.30. The zero-order valence-electron chi connectivity index (χ0n) is 18.1. The Labute approximate surface area is 195 Å². The predicted octanol–water partition coefficient (Wildman–Crippen LogP) is 4.45. The third kappa shape index (κ3) is 4.75. The molecule has 170 valence electrons. The second-order valence-electron chi connectivity index (χ2n) is 7.55. The molecular weight excluding hydrogens is 446 g/mol. The van der Waals surface area contributed by atoms with Gasteiger partial charge < -0.3 is 14.6 Å². The van der Waals surface area contributed by atoms with Gasteiger partial charge in [-0.15, -0.1) is 0 Å². The van der Waals surface area contributed by atoms with E-state index in [1.54, 1.807) is 20.3 Å². The molecule has 1 aromatic heterocycles. The molecule has 2 aromatic carbocycles. The number of methoxy groups -OCH3 is 2. The van der Waals surface area contributed by atoms with Crippen LogP contribution in [-0.4, -0.2) is 46.9 Å². The molecule has 33 heavy (non-hydrogen) atoms. The van der Waals surface area contributed by atoms with Crippen LogP contribution in [0, 0.1) is 0 Å². The van der Waals surface area contributed by atoms with E-state index in [2.05, 4.69) is 10.1 Å². The number of aromatic nitrogens is 1. The van der Waals surface area contributed by atoms with Gasteiger partial charge in [-0.25, -0.2) is 9.99 Å². The number of carbonyl (C=O) groups excluding carboxylic acids is 1. The lowest BCUT2D eigenvalue weighted by Crippen LogP contribution is -2.27. The normalized spacial score (nSPS) is 15.4. The van der Waals surface area contributed by atoms with Crippen LogP contribution in [0.4, 0.5) is 0 Å². The standard InChI is InChI=1S/C24H22ClN3O5/c1-32-16-5-3-14(4-6-16)20-13-21(28(27-20)22(29)9-10-23(30)31)18-12-15-11-17(33-2)7-8-19(15)26-24(18)25/h3-8,11-12,21H,9-10,13H2,1-2H3,(H,30,31)/t21-/m1/s1. The van der Waals surface area contributed by atoms with E-state index in [-0.39, 0.29) is 18.0 Å². The number of amides is 1. The fraction of sp³-hybridized carbons (Fsp3) is 0.250. The molecule has 0 fully saturated rings. The van der Waals surface area contributed by atoms with E-state index in [1.165, 1.54) is 5.01 Å². The lowest BCUT2D eigenvalue weighted by atomic mass is 9.98. The molecule has 1 atom stereocenters. The van der Waals surface area contributed by atoms with Crippen molar-refractivity contribution in [2.75, 3.05) is 14.2 Å². The maximum atomic E-state index is 12.9. The molecule has 2 heterocycles. The molecule has 8 nitrogen and oxygen atoms in total. The highest BCUT2D eigenvalue weighted by atomic mass is 35.5. The number of carbonyl (C=O) groups is 2. The lowest BCUT2D eigenvalue weighted by molar-refractivity contribution is -0.141. The van der Waals surface area contributed by atoms with Gasteiger partial charge in [-0.3, -0.25) is 9.59 Å². The molecule has 9 heteroatoms. The molecule has 3 aromatic rings. The number of rotatable bonds is 7. The topological polar surface area (TPSA) is 101 Å². The van der Waals surface area contributed by atoms with Crippen molar-refractivity contribution in [3.63, 3.8) is 0 Å². The first kappa shape index (κ1) is 22.5. The summed E-state index contributed by atoms with van der Waals surface area (Å²) in [5.74, 6) is -0.0590. The van der Waals surface area contributed by atoms with Crippen molar-refractivity contribution in [2.45, 2.75) is 25.3 Å². The van der Waals surface area contributed by atoms with Gasteiger partial charge in [0.25, 0.3) is 0 Å². The van der Waals surface area contributed by atoms with Crippen molar-refractivity contribution in [1.29, 1.82) is 0 Å². The number of ether oxygens (including phenoxy) is 2. The number of hydrazone groups is 1. The van der Waals surface area contributed by atoms with Gasteiger partial charge in [-0.05, 0) is 54.1 Å². The number of carboxylic acids is 1. The summed E-state index contributed by atoms with van der Waals surface area (Å²) in [7, 11) is 3.17. The Morgan fingerprint density at radius 2 is 1.76 bits per heavy atom. The van der Waals surface area contributed by atoms with Gasteiger partial charge in [0.15, 0.2) is 0 Å². The second kappa shape index (κ2) is 9.46. The Balaban J connectivity index is 1.73. The molecule has 1 N–H and O–H groups in total. The first-order chi connectivity index (χ1) is 15.9. The van der Waals surface area contributed by atoms with E-state index in [0.717, 1.165) is 10.9 Å². The molecule has 1 amide bonds. The molecule has 0 radical (unpaired) electrons. The number of halogens is 1. The van der Waals surface area contributed by atoms with Gasteiger partial charge in [-0.2, -0.15) is 5.10 Å². The van der Waals surface area contributed by atoms with E-state index < -0.39 is 17.9 Å². The number of benzene rings is 2. The summed E-state index contributed by atoms with van der Waals surface area (Å²) >= 11 is 6.55. The number of fused-ring (bicyclic) bond motifs is 1. The van der Waals surface area contributed by atoms with E-state index in [1.807, 2.05) is 42.5 Å². The van der Waals surface area contributed by atoms with Crippen LogP contribution in [0.3, 0.4) is 0 Å². The van der Waals surface area contributed by atoms with Crippen molar-refractivity contribution in [1.82, 2.24) is 9.99 Å². The predicted molar refractivity (Wildman–Crippen MR) is 124 cm³/mol. The van der Waals surface area contributed by atoms with Gasteiger partial charge in [0, 0.05) is 23.8 Å². The maximum Gasteiger partial charge on any atom is 0.303 e. The third-order valence-electron chi connectivity index (χ3n) is 5.50. The summed E-state index contributed by atoms with van der Waals surface area (Å²) in [5.41, 5.74) is 2.85. The number of pyridine rings is 1. The van der Waals surface area contributed by atoms with Crippen LogP contribution in [0.15, 0.2) is 53.6 Å². The van der Waals surface area contributed by atoms with Gasteiger partial charge in [-0.1, -0.05) is 11.6 Å². The van der Waals surface area contributed by atoms with Crippen LogP contribution >= 0.6 is 11.6 Å². The summed E-state index contributed by atoms with van der Waals surface area (Å²) in [5, 5.41) is 16.0. The van der Waals surface area contributed by atoms with Crippen LogP contribution in [0.1, 0.15) is 36.4 Å². The molecule has 0 bridgehead atoms. The van der Waals surface area contributed by atoms with E-state index in [9.17, 15) is 9.59 Å². The molecule has 0 saturated heterocycles. The van der Waals surface area contributed by atoms with Crippen molar-refractivity contribution in [2.24, 2.45) is 5.10 Å². The summed E-state index contributed by atoms with van der Waals surface area (Å²) in [6.45, 7) is 0. The van der Waals surface area contributed by atoms with Crippen molar-refractivity contribution < 1.29 is 24.2 Å². The highest BCUT2D eigenvalue weighted by Crippen LogP contribution is 2.38. The minimum absolute atomic E-state index is 0.169. The first-order valence-electron chi connectivity index (χ1n) is 10.3. The third-order valence-corrected chi connectivity index (χ3v) is 5.81. The number of hydrogen-bond donors (Lipinski definition) is 1. The fourth-order valence-corrected chi connectivity index (χ4v) is 4.05. The van der Waals surface area contributed by atoms with Crippen LogP contribution in [-0.2, 0) is 9.59 Å². The summed E-state index contributed by atoms with van der Waals surface area (Å²) in [4.78, 5) is 28.4. The summed E-state index contributed by atoms with van der Waals surface area (Å²) < 4.78 is 10.5. The molecule has 0 spiro atoms. The summed E-state index contributed by atoms with van der Waals surface area (Å²) in [6.07, 6.45) is -0.0456. The first-order valence-corrected chi connectivity index (χ1v) is 10.7. The Morgan fingerprint density at radius 3 is 2.42 bits per heavy atom. The summed E-state index contributed by atoms with van der Waals surface area (Å²) in [6, 6.07) is 14.2. The van der Waals surface area contributed by atoms with Crippen LogP contribution in [0.2, 0.25) is 5.15 Å². The Morgan fingerprint density at radius 1 is 1.06 bits per heavy atom. The molecule has 1 aliphatic heterocycles. The highest BCUT2D eigenvalue weighted by Gasteiger charge is 2.35. The fourth-order valence-electron chi connectivity index (χ4n) is 3.78. The molecule has 0 unspecified atom stereocenters. The van der Waals surface area contributed by atoms with E-state index in [4.69, 9.17) is 26.2 Å². The molecular formula is C24H22ClN3O5. The minimum atomic E-state index is -1.05. The average molecular weight is 468 g/mol. The van der Waals surface area contributed by atoms with Gasteiger partial charge >= 0.3 is 5.97 Å². The second-order valence-corrected chi connectivity index (χ2v) is 7.91. The van der Waals surface area contributed by atoms with Crippen molar-refractivity contribution >= 4 is 40.1 Å². The average Bonchev–Trinajstić information content (AvgIpc) is 3.27. The van der Waals surface area contributed by atoms with Crippen LogP contribution in [0.5, 0.6) is 11.5 Å². The Hall–Kier alpha value is -3.65.